The van der Waals surface area contributed by atoms with Crippen molar-refractivity contribution in [2.75, 3.05) is 4.72 Å². The van der Waals surface area contributed by atoms with Crippen molar-refractivity contribution < 1.29 is 8.42 Å². The number of thiazole rings is 1. The third-order valence-electron chi connectivity index (χ3n) is 3.69. The first kappa shape index (κ1) is 15.4. The van der Waals surface area contributed by atoms with Crippen LogP contribution in [0.25, 0.3) is 21.0 Å². The molecule has 4 rings (SSSR count). The smallest absolute Gasteiger partial charge is 0.262 e. The molecule has 0 spiro atoms. The summed E-state index contributed by atoms with van der Waals surface area (Å²) in [4.78, 5) is 4.35. The van der Waals surface area contributed by atoms with Crippen molar-refractivity contribution in [3.05, 3.63) is 65.1 Å². The van der Waals surface area contributed by atoms with E-state index in [-0.39, 0.29) is 4.90 Å². The van der Waals surface area contributed by atoms with Crippen LogP contribution in [0.2, 0.25) is 5.02 Å². The van der Waals surface area contributed by atoms with E-state index in [0.29, 0.717) is 16.1 Å². The van der Waals surface area contributed by atoms with Crippen LogP contribution in [0.3, 0.4) is 0 Å². The van der Waals surface area contributed by atoms with Crippen molar-refractivity contribution in [1.82, 2.24) is 4.98 Å². The molecule has 1 heterocycles. The standard InChI is InChI=1S/C17H11ClN2O2S2/c18-13-5-1-3-11-4-2-6-16(17(11)13)24(21,22)20-12-7-8-14-15(9-12)23-10-19-14/h1-10,20H. The molecule has 4 nitrogen and oxygen atoms in total. The summed E-state index contributed by atoms with van der Waals surface area (Å²) in [6.45, 7) is 0. The molecule has 0 radical (unpaired) electrons. The summed E-state index contributed by atoms with van der Waals surface area (Å²) in [6, 6.07) is 15.7. The largest absolute Gasteiger partial charge is 0.280 e. The fraction of sp³-hybridized carbons (Fsp3) is 0. The number of anilines is 1. The SMILES string of the molecule is O=S(=O)(Nc1ccc2ncsc2c1)c1cccc2cccc(Cl)c12. The molecule has 0 fully saturated rings. The monoisotopic (exact) mass is 374 g/mol. The second-order valence-electron chi connectivity index (χ2n) is 5.23. The molecule has 7 heteroatoms. The molecular formula is C17H11ClN2O2S2. The number of hydrogen-bond donors (Lipinski definition) is 1. The van der Waals surface area contributed by atoms with Crippen molar-refractivity contribution in [1.29, 1.82) is 0 Å². The average molecular weight is 375 g/mol. The Labute approximate surface area is 147 Å². The molecule has 0 unspecified atom stereocenters. The normalized spacial score (nSPS) is 11.9. The zero-order valence-corrected chi connectivity index (χ0v) is 14.6. The summed E-state index contributed by atoms with van der Waals surface area (Å²) >= 11 is 7.70. The second kappa shape index (κ2) is 5.73. The van der Waals surface area contributed by atoms with E-state index in [9.17, 15) is 8.42 Å². The van der Waals surface area contributed by atoms with Crippen LogP contribution >= 0.6 is 22.9 Å². The molecule has 0 aliphatic rings. The maximum absolute atomic E-state index is 12.9. The lowest BCUT2D eigenvalue weighted by atomic mass is 10.1. The van der Waals surface area contributed by atoms with Crippen molar-refractivity contribution in [2.24, 2.45) is 0 Å². The summed E-state index contributed by atoms with van der Waals surface area (Å²) in [6.07, 6.45) is 0. The Balaban J connectivity index is 1.83. The number of halogens is 1. The van der Waals surface area contributed by atoms with Crippen molar-refractivity contribution in [3.63, 3.8) is 0 Å². The first-order valence-electron chi connectivity index (χ1n) is 7.08. The summed E-state index contributed by atoms with van der Waals surface area (Å²) < 4.78 is 29.3. The van der Waals surface area contributed by atoms with Gasteiger partial charge in [-0.1, -0.05) is 35.9 Å². The highest BCUT2D eigenvalue weighted by Crippen LogP contribution is 2.31. The summed E-state index contributed by atoms with van der Waals surface area (Å²) in [5.74, 6) is 0. The molecule has 1 aromatic heterocycles. The Bertz CT molecular complexity index is 1160. The highest BCUT2D eigenvalue weighted by atomic mass is 35.5. The molecule has 0 saturated heterocycles. The number of hydrogen-bond acceptors (Lipinski definition) is 4. The van der Waals surface area contributed by atoms with Gasteiger partial charge < -0.3 is 0 Å². The molecular weight excluding hydrogens is 364 g/mol. The van der Waals surface area contributed by atoms with E-state index in [1.165, 1.54) is 11.3 Å². The Hall–Kier alpha value is -2.15. The van der Waals surface area contributed by atoms with Gasteiger partial charge in [0.15, 0.2) is 0 Å². The van der Waals surface area contributed by atoms with Crippen LogP contribution in [0.15, 0.2) is 65.0 Å². The number of nitrogens with zero attached hydrogens (tertiary/aromatic N) is 1. The number of sulfonamides is 1. The molecule has 0 aliphatic heterocycles. The number of nitrogens with one attached hydrogen (secondary N) is 1. The van der Waals surface area contributed by atoms with Gasteiger partial charge in [-0.3, -0.25) is 4.72 Å². The van der Waals surface area contributed by atoms with Crippen LogP contribution in [0, 0.1) is 0 Å². The van der Waals surface area contributed by atoms with Gasteiger partial charge in [0.05, 0.1) is 26.3 Å². The van der Waals surface area contributed by atoms with Gasteiger partial charge in [-0.15, -0.1) is 11.3 Å². The Morgan fingerprint density at radius 2 is 1.83 bits per heavy atom. The predicted octanol–water partition coefficient (Wildman–Crippen LogP) is 4.90. The number of rotatable bonds is 3. The lowest BCUT2D eigenvalue weighted by Gasteiger charge is -2.11. The van der Waals surface area contributed by atoms with E-state index in [1.54, 1.807) is 48.0 Å². The van der Waals surface area contributed by atoms with Crippen LogP contribution in [0.1, 0.15) is 0 Å². The number of benzene rings is 3. The molecule has 1 N–H and O–H groups in total. The van der Waals surface area contributed by atoms with Gasteiger partial charge in [0, 0.05) is 10.4 Å². The molecule has 4 aromatic rings. The van der Waals surface area contributed by atoms with E-state index < -0.39 is 10.0 Å². The zero-order valence-electron chi connectivity index (χ0n) is 12.2. The van der Waals surface area contributed by atoms with E-state index in [1.807, 2.05) is 12.1 Å². The van der Waals surface area contributed by atoms with Crippen LogP contribution in [-0.4, -0.2) is 13.4 Å². The second-order valence-corrected chi connectivity index (χ2v) is 8.18. The average Bonchev–Trinajstić information content (AvgIpc) is 3.02. The maximum atomic E-state index is 12.9. The zero-order chi connectivity index (χ0) is 16.7. The maximum Gasteiger partial charge on any atom is 0.262 e. The van der Waals surface area contributed by atoms with Crippen LogP contribution in [-0.2, 0) is 10.0 Å². The van der Waals surface area contributed by atoms with Gasteiger partial charge in [0.2, 0.25) is 0 Å². The fourth-order valence-corrected chi connectivity index (χ4v) is 4.97. The highest BCUT2D eigenvalue weighted by molar-refractivity contribution is 7.93. The van der Waals surface area contributed by atoms with Crippen LogP contribution in [0.4, 0.5) is 5.69 Å². The van der Waals surface area contributed by atoms with Crippen molar-refractivity contribution in [2.45, 2.75) is 4.90 Å². The molecule has 0 atom stereocenters. The Morgan fingerprint density at radius 1 is 1.04 bits per heavy atom. The fourth-order valence-electron chi connectivity index (χ4n) is 2.61. The topological polar surface area (TPSA) is 59.1 Å². The summed E-state index contributed by atoms with van der Waals surface area (Å²) in [5, 5.41) is 1.71. The minimum atomic E-state index is -3.76. The molecule has 0 aliphatic carbocycles. The predicted molar refractivity (Wildman–Crippen MR) is 99.4 cm³/mol. The Morgan fingerprint density at radius 3 is 2.67 bits per heavy atom. The first-order chi connectivity index (χ1) is 11.5. The van der Waals surface area contributed by atoms with Crippen molar-refractivity contribution in [3.8, 4) is 0 Å². The van der Waals surface area contributed by atoms with Gasteiger partial charge in [0.1, 0.15) is 0 Å². The summed E-state index contributed by atoms with van der Waals surface area (Å²) in [5.41, 5.74) is 3.07. The van der Waals surface area contributed by atoms with E-state index >= 15 is 0 Å². The molecule has 0 amide bonds. The lowest BCUT2D eigenvalue weighted by Crippen LogP contribution is -2.13. The lowest BCUT2D eigenvalue weighted by molar-refractivity contribution is 0.602. The Kier molecular flexibility index (Phi) is 3.68. The molecule has 3 aromatic carbocycles. The molecule has 0 saturated carbocycles. The van der Waals surface area contributed by atoms with Crippen molar-refractivity contribution >= 4 is 59.6 Å². The van der Waals surface area contributed by atoms with E-state index in [2.05, 4.69) is 9.71 Å². The van der Waals surface area contributed by atoms with Gasteiger partial charge in [-0.25, -0.2) is 13.4 Å². The minimum absolute atomic E-state index is 0.162. The minimum Gasteiger partial charge on any atom is -0.280 e. The van der Waals surface area contributed by atoms with Crippen LogP contribution < -0.4 is 4.72 Å². The molecule has 120 valence electrons. The molecule has 0 bridgehead atoms. The first-order valence-corrected chi connectivity index (χ1v) is 9.82. The van der Waals surface area contributed by atoms with E-state index in [0.717, 1.165) is 15.6 Å². The van der Waals surface area contributed by atoms with Gasteiger partial charge in [-0.05, 0) is 35.7 Å². The van der Waals surface area contributed by atoms with Gasteiger partial charge in [-0.2, -0.15) is 0 Å². The van der Waals surface area contributed by atoms with Gasteiger partial charge in [0.25, 0.3) is 10.0 Å². The third kappa shape index (κ3) is 2.62. The number of aromatic nitrogens is 1. The third-order valence-corrected chi connectivity index (χ3v) is 6.22. The molecule has 24 heavy (non-hydrogen) atoms. The quantitative estimate of drug-likeness (QED) is 0.554. The van der Waals surface area contributed by atoms with Crippen LogP contribution in [0.5, 0.6) is 0 Å². The van der Waals surface area contributed by atoms with Gasteiger partial charge >= 0.3 is 0 Å². The highest BCUT2D eigenvalue weighted by Gasteiger charge is 2.19. The summed E-state index contributed by atoms with van der Waals surface area (Å²) in [7, 11) is -3.76. The van der Waals surface area contributed by atoms with E-state index in [4.69, 9.17) is 11.6 Å². The number of fused-ring (bicyclic) bond motifs is 2.